The fraction of sp³-hybridized carbons (Fsp3) is 1.00. The summed E-state index contributed by atoms with van der Waals surface area (Å²) >= 11 is 0. The summed E-state index contributed by atoms with van der Waals surface area (Å²) in [7, 11) is -3.25. The van der Waals surface area contributed by atoms with Gasteiger partial charge in [0.2, 0.25) is 10.0 Å². The molecule has 0 bridgehead atoms. The number of rotatable bonds is 5. The predicted octanol–water partition coefficient (Wildman–Crippen LogP) is 1.20. The molecule has 2 saturated heterocycles. The van der Waals surface area contributed by atoms with Gasteiger partial charge in [0.15, 0.2) is 0 Å². The molecule has 1 N–H and O–H groups in total. The molecule has 0 aromatic heterocycles. The first-order chi connectivity index (χ1) is 9.37. The summed E-state index contributed by atoms with van der Waals surface area (Å²) in [6.45, 7) is 8.89. The zero-order valence-electron chi connectivity index (χ0n) is 12.8. The molecule has 3 atom stereocenters. The molecule has 5 nitrogen and oxygen atoms in total. The Hall–Kier alpha value is -0.170. The minimum atomic E-state index is -3.25. The van der Waals surface area contributed by atoms with Gasteiger partial charge in [-0.1, -0.05) is 6.92 Å². The van der Waals surface area contributed by atoms with E-state index in [1.165, 1.54) is 0 Å². The van der Waals surface area contributed by atoms with Crippen molar-refractivity contribution in [1.29, 1.82) is 0 Å². The molecule has 2 rings (SSSR count). The first kappa shape index (κ1) is 16.2. The Morgan fingerprint density at radius 1 is 1.30 bits per heavy atom. The van der Waals surface area contributed by atoms with Gasteiger partial charge in [-0.15, -0.1) is 0 Å². The highest BCUT2D eigenvalue weighted by atomic mass is 32.2. The van der Waals surface area contributed by atoms with Crippen molar-refractivity contribution < 1.29 is 13.2 Å². The highest BCUT2D eigenvalue weighted by Gasteiger charge is 2.34. The average molecular weight is 304 g/mol. The van der Waals surface area contributed by atoms with E-state index in [-0.39, 0.29) is 17.9 Å². The molecule has 6 heteroatoms. The Labute approximate surface area is 123 Å². The van der Waals surface area contributed by atoms with Gasteiger partial charge in [0.05, 0.1) is 11.9 Å². The van der Waals surface area contributed by atoms with Gasteiger partial charge in [0.25, 0.3) is 0 Å². The Morgan fingerprint density at radius 3 is 2.60 bits per heavy atom. The number of hydrogen-bond acceptors (Lipinski definition) is 4. The van der Waals surface area contributed by atoms with Crippen molar-refractivity contribution >= 4 is 10.0 Å². The summed E-state index contributed by atoms with van der Waals surface area (Å²) in [5.41, 5.74) is 0. The Kier molecular flexibility index (Phi) is 5.45. The van der Waals surface area contributed by atoms with E-state index in [1.807, 2.05) is 0 Å². The molecule has 2 fully saturated rings. The van der Waals surface area contributed by atoms with E-state index in [1.54, 1.807) is 0 Å². The van der Waals surface area contributed by atoms with E-state index >= 15 is 0 Å². The third-order valence-electron chi connectivity index (χ3n) is 4.38. The second-order valence-electron chi connectivity index (χ2n) is 6.52. The van der Waals surface area contributed by atoms with E-state index in [9.17, 15) is 8.42 Å². The lowest BCUT2D eigenvalue weighted by Gasteiger charge is -2.24. The number of nitrogens with zero attached hydrogens (tertiary/aromatic N) is 1. The molecule has 0 saturated carbocycles. The monoisotopic (exact) mass is 304 g/mol. The van der Waals surface area contributed by atoms with Crippen LogP contribution >= 0.6 is 0 Å². The number of sulfonamides is 1. The van der Waals surface area contributed by atoms with Crippen molar-refractivity contribution in [1.82, 2.24) is 9.62 Å². The second kappa shape index (κ2) is 6.73. The Bertz CT molecular complexity index is 405. The van der Waals surface area contributed by atoms with Crippen molar-refractivity contribution in [2.24, 2.45) is 5.92 Å². The van der Waals surface area contributed by atoms with Crippen LogP contribution in [0.15, 0.2) is 0 Å². The van der Waals surface area contributed by atoms with Crippen molar-refractivity contribution in [3.05, 3.63) is 0 Å². The first-order valence-electron chi connectivity index (χ1n) is 7.73. The third-order valence-corrected chi connectivity index (χ3v) is 5.85. The molecule has 2 aliphatic rings. The second-order valence-corrected chi connectivity index (χ2v) is 8.32. The van der Waals surface area contributed by atoms with Crippen molar-refractivity contribution in [3.8, 4) is 0 Å². The van der Waals surface area contributed by atoms with Gasteiger partial charge in [0, 0.05) is 31.8 Å². The van der Waals surface area contributed by atoms with Crippen LogP contribution in [0.4, 0.5) is 0 Å². The first-order valence-corrected chi connectivity index (χ1v) is 9.38. The molecule has 0 aromatic carbocycles. The molecule has 118 valence electrons. The summed E-state index contributed by atoms with van der Waals surface area (Å²) in [5.74, 6) is 0.470. The Morgan fingerprint density at radius 2 is 2.05 bits per heavy atom. The molecule has 0 radical (unpaired) electrons. The molecule has 0 unspecified atom stereocenters. The maximum absolute atomic E-state index is 12.3. The molecular formula is C14H28N2O3S. The zero-order chi connectivity index (χ0) is 14.8. The summed E-state index contributed by atoms with van der Waals surface area (Å²) in [5, 5.41) is 0. The molecule has 0 amide bonds. The standard InChI is InChI=1S/C14H28N2O3S/c1-11(2)16-8-12(3)14(9-16)15-20(17,18)10-13-6-4-5-7-19-13/h11-15H,4-10H2,1-3H3/t12-,13-,14-/m1/s1. The van der Waals surface area contributed by atoms with Crippen molar-refractivity contribution in [2.45, 2.75) is 58.2 Å². The number of nitrogens with one attached hydrogen (secondary N) is 1. The lowest BCUT2D eigenvalue weighted by atomic mass is 10.1. The molecule has 2 aliphatic heterocycles. The van der Waals surface area contributed by atoms with Crippen LogP contribution in [0, 0.1) is 5.92 Å². The average Bonchev–Trinajstić information content (AvgIpc) is 2.71. The van der Waals surface area contributed by atoms with Crippen LogP contribution in [0.1, 0.15) is 40.0 Å². The van der Waals surface area contributed by atoms with Crippen LogP contribution in [0.2, 0.25) is 0 Å². The van der Waals surface area contributed by atoms with Crippen molar-refractivity contribution in [3.63, 3.8) is 0 Å². The molecule has 0 spiro atoms. The van der Waals surface area contributed by atoms with E-state index in [0.29, 0.717) is 18.6 Å². The van der Waals surface area contributed by atoms with Crippen LogP contribution in [0.25, 0.3) is 0 Å². The molecule has 20 heavy (non-hydrogen) atoms. The smallest absolute Gasteiger partial charge is 0.214 e. The molecule has 0 aliphatic carbocycles. The largest absolute Gasteiger partial charge is 0.377 e. The maximum atomic E-state index is 12.3. The number of ether oxygens (including phenoxy) is 1. The minimum absolute atomic E-state index is 0.0333. The van der Waals surface area contributed by atoms with Gasteiger partial charge in [-0.25, -0.2) is 13.1 Å². The van der Waals surface area contributed by atoms with Gasteiger partial charge in [0.1, 0.15) is 0 Å². The predicted molar refractivity (Wildman–Crippen MR) is 80.2 cm³/mol. The van der Waals surface area contributed by atoms with Gasteiger partial charge in [-0.05, 0) is 39.0 Å². The summed E-state index contributed by atoms with van der Waals surface area (Å²) < 4.78 is 33.0. The fourth-order valence-electron chi connectivity index (χ4n) is 3.04. The van der Waals surface area contributed by atoms with Crippen LogP contribution in [0.3, 0.4) is 0 Å². The van der Waals surface area contributed by atoms with Gasteiger partial charge in [-0.2, -0.15) is 0 Å². The van der Waals surface area contributed by atoms with Gasteiger partial charge >= 0.3 is 0 Å². The van der Waals surface area contributed by atoms with E-state index in [4.69, 9.17) is 4.74 Å². The van der Waals surface area contributed by atoms with Crippen LogP contribution < -0.4 is 4.72 Å². The van der Waals surface area contributed by atoms with Crippen LogP contribution in [-0.2, 0) is 14.8 Å². The summed E-state index contributed by atoms with van der Waals surface area (Å²) in [6, 6.07) is 0.500. The summed E-state index contributed by atoms with van der Waals surface area (Å²) in [6.07, 6.45) is 2.85. The lowest BCUT2D eigenvalue weighted by Crippen LogP contribution is -2.44. The van der Waals surface area contributed by atoms with E-state index < -0.39 is 10.0 Å². The summed E-state index contributed by atoms with van der Waals surface area (Å²) in [4.78, 5) is 2.33. The quantitative estimate of drug-likeness (QED) is 0.829. The van der Waals surface area contributed by atoms with Gasteiger partial charge in [-0.3, -0.25) is 4.90 Å². The molecule has 2 heterocycles. The highest BCUT2D eigenvalue weighted by molar-refractivity contribution is 7.89. The van der Waals surface area contributed by atoms with Gasteiger partial charge < -0.3 is 4.74 Å². The minimum Gasteiger partial charge on any atom is -0.377 e. The van der Waals surface area contributed by atoms with Crippen LogP contribution in [0.5, 0.6) is 0 Å². The zero-order valence-corrected chi connectivity index (χ0v) is 13.7. The van der Waals surface area contributed by atoms with Crippen molar-refractivity contribution in [2.75, 3.05) is 25.4 Å². The van der Waals surface area contributed by atoms with Crippen LogP contribution in [-0.4, -0.2) is 57.0 Å². The number of hydrogen-bond donors (Lipinski definition) is 1. The number of likely N-dealkylation sites (tertiary alicyclic amines) is 1. The fourth-order valence-corrected chi connectivity index (χ4v) is 4.66. The highest BCUT2D eigenvalue weighted by Crippen LogP contribution is 2.20. The van der Waals surface area contributed by atoms with E-state index in [2.05, 4.69) is 30.4 Å². The topological polar surface area (TPSA) is 58.6 Å². The lowest BCUT2D eigenvalue weighted by molar-refractivity contribution is 0.0303. The maximum Gasteiger partial charge on any atom is 0.214 e. The Balaban J connectivity index is 1.87. The van der Waals surface area contributed by atoms with E-state index in [0.717, 1.165) is 32.4 Å². The molecule has 0 aromatic rings. The normalized spacial score (nSPS) is 32.9. The third kappa shape index (κ3) is 4.41. The molecular weight excluding hydrogens is 276 g/mol. The SMILES string of the molecule is CC(C)N1C[C@@H](C)[C@H](NS(=O)(=O)C[C@H]2CCCCO2)C1.